The SMILES string of the molecule is COCCNCC(=O)N(C)c1ccc(C(C)(C)C)cc1.Cl. The van der Waals surface area contributed by atoms with E-state index in [0.717, 1.165) is 5.69 Å². The molecule has 1 aromatic rings. The average Bonchev–Trinajstić information content (AvgIpc) is 2.41. The molecule has 21 heavy (non-hydrogen) atoms. The molecule has 4 nitrogen and oxygen atoms in total. The van der Waals surface area contributed by atoms with Crippen LogP contribution in [0.5, 0.6) is 0 Å². The molecular weight excluding hydrogens is 288 g/mol. The third kappa shape index (κ3) is 6.46. The summed E-state index contributed by atoms with van der Waals surface area (Å²) in [6.07, 6.45) is 0. The van der Waals surface area contributed by atoms with Gasteiger partial charge in [0.15, 0.2) is 0 Å². The van der Waals surface area contributed by atoms with Crippen LogP contribution in [0.1, 0.15) is 26.3 Å². The number of anilines is 1. The first kappa shape index (κ1) is 19.9. The number of likely N-dealkylation sites (N-methyl/N-ethyl adjacent to an activating group) is 1. The van der Waals surface area contributed by atoms with E-state index < -0.39 is 0 Å². The number of carbonyl (C=O) groups is 1. The first-order valence-electron chi connectivity index (χ1n) is 6.93. The van der Waals surface area contributed by atoms with Gasteiger partial charge in [0.05, 0.1) is 13.2 Å². The zero-order chi connectivity index (χ0) is 15.2. The van der Waals surface area contributed by atoms with Crippen LogP contribution in [0.2, 0.25) is 0 Å². The Morgan fingerprint density at radius 2 is 1.81 bits per heavy atom. The first-order chi connectivity index (χ1) is 9.36. The number of methoxy groups -OCH3 is 1. The Hall–Kier alpha value is -1.10. The lowest BCUT2D eigenvalue weighted by molar-refractivity contribution is -0.117. The quantitative estimate of drug-likeness (QED) is 0.821. The van der Waals surface area contributed by atoms with Crippen molar-refractivity contribution < 1.29 is 9.53 Å². The molecule has 1 amide bonds. The Morgan fingerprint density at radius 1 is 1.24 bits per heavy atom. The summed E-state index contributed by atoms with van der Waals surface area (Å²) >= 11 is 0. The van der Waals surface area contributed by atoms with Crippen molar-refractivity contribution >= 4 is 24.0 Å². The summed E-state index contributed by atoms with van der Waals surface area (Å²) in [5.41, 5.74) is 2.31. The molecule has 1 aromatic carbocycles. The maximum absolute atomic E-state index is 12.0. The van der Waals surface area contributed by atoms with Gasteiger partial charge in [0.2, 0.25) is 5.91 Å². The van der Waals surface area contributed by atoms with Crippen molar-refractivity contribution in [3.8, 4) is 0 Å². The van der Waals surface area contributed by atoms with Gasteiger partial charge in [-0.25, -0.2) is 0 Å². The number of carbonyl (C=O) groups excluding carboxylic acids is 1. The van der Waals surface area contributed by atoms with Crippen LogP contribution in [0.4, 0.5) is 5.69 Å². The molecule has 1 N–H and O–H groups in total. The molecule has 0 heterocycles. The lowest BCUT2D eigenvalue weighted by Gasteiger charge is -2.22. The summed E-state index contributed by atoms with van der Waals surface area (Å²) in [5.74, 6) is 0.0459. The molecule has 0 fully saturated rings. The van der Waals surface area contributed by atoms with Gasteiger partial charge < -0.3 is 15.0 Å². The highest BCUT2D eigenvalue weighted by atomic mass is 35.5. The maximum atomic E-state index is 12.0. The third-order valence-corrected chi connectivity index (χ3v) is 3.25. The zero-order valence-corrected chi connectivity index (χ0v) is 14.4. The molecule has 0 aliphatic heterocycles. The van der Waals surface area contributed by atoms with E-state index >= 15 is 0 Å². The second-order valence-electron chi connectivity index (χ2n) is 5.92. The van der Waals surface area contributed by atoms with Crippen LogP contribution in [0, 0.1) is 0 Å². The standard InChI is InChI=1S/C16H26N2O2.ClH/c1-16(2,3)13-6-8-14(9-7-13)18(4)15(19)12-17-10-11-20-5;/h6-9,17H,10-12H2,1-5H3;1H. The molecule has 0 aromatic heterocycles. The van der Waals surface area contributed by atoms with Crippen LogP contribution < -0.4 is 10.2 Å². The first-order valence-corrected chi connectivity index (χ1v) is 6.93. The predicted octanol–water partition coefficient (Wildman–Crippen LogP) is 2.60. The van der Waals surface area contributed by atoms with Crippen molar-refractivity contribution in [2.45, 2.75) is 26.2 Å². The lowest BCUT2D eigenvalue weighted by Crippen LogP contribution is -2.36. The Labute approximate surface area is 134 Å². The highest BCUT2D eigenvalue weighted by Gasteiger charge is 2.15. The predicted molar refractivity (Wildman–Crippen MR) is 90.5 cm³/mol. The fraction of sp³-hybridized carbons (Fsp3) is 0.562. The highest BCUT2D eigenvalue weighted by Crippen LogP contribution is 2.24. The van der Waals surface area contributed by atoms with Gasteiger partial charge in [-0.2, -0.15) is 0 Å². The number of nitrogens with zero attached hydrogens (tertiary/aromatic N) is 1. The number of nitrogens with one attached hydrogen (secondary N) is 1. The topological polar surface area (TPSA) is 41.6 Å². The summed E-state index contributed by atoms with van der Waals surface area (Å²) in [5, 5.41) is 3.06. The van der Waals surface area contributed by atoms with E-state index in [1.54, 1.807) is 19.1 Å². The average molecular weight is 315 g/mol. The largest absolute Gasteiger partial charge is 0.383 e. The second kappa shape index (κ2) is 9.03. The minimum absolute atomic E-state index is 0. The molecule has 5 heteroatoms. The molecule has 0 saturated carbocycles. The zero-order valence-electron chi connectivity index (χ0n) is 13.6. The van der Waals surface area contributed by atoms with Crippen molar-refractivity contribution in [1.82, 2.24) is 5.32 Å². The Morgan fingerprint density at radius 3 is 2.29 bits per heavy atom. The van der Waals surface area contributed by atoms with Crippen LogP contribution in [0.3, 0.4) is 0 Å². The fourth-order valence-corrected chi connectivity index (χ4v) is 1.82. The van der Waals surface area contributed by atoms with Gasteiger partial charge in [-0.1, -0.05) is 32.9 Å². The van der Waals surface area contributed by atoms with Gasteiger partial charge >= 0.3 is 0 Å². The fourth-order valence-electron chi connectivity index (χ4n) is 1.82. The molecule has 0 atom stereocenters. The van der Waals surface area contributed by atoms with Crippen LogP contribution >= 0.6 is 12.4 Å². The van der Waals surface area contributed by atoms with Gasteiger partial charge in [0.1, 0.15) is 0 Å². The van der Waals surface area contributed by atoms with Gasteiger partial charge in [-0.05, 0) is 23.1 Å². The summed E-state index contributed by atoms with van der Waals surface area (Å²) in [7, 11) is 3.44. The number of ether oxygens (including phenoxy) is 1. The van der Waals surface area contributed by atoms with Gasteiger partial charge in [0, 0.05) is 26.4 Å². The highest BCUT2D eigenvalue weighted by molar-refractivity contribution is 5.94. The number of rotatable bonds is 6. The second-order valence-corrected chi connectivity index (χ2v) is 5.92. The summed E-state index contributed by atoms with van der Waals surface area (Å²) in [6.45, 7) is 8.14. The van der Waals surface area contributed by atoms with Gasteiger partial charge in [0.25, 0.3) is 0 Å². The molecule has 0 spiro atoms. The minimum Gasteiger partial charge on any atom is -0.383 e. The maximum Gasteiger partial charge on any atom is 0.240 e. The van der Waals surface area contributed by atoms with E-state index in [0.29, 0.717) is 19.7 Å². The van der Waals surface area contributed by atoms with E-state index in [4.69, 9.17) is 4.74 Å². The van der Waals surface area contributed by atoms with Crippen LogP contribution in [-0.4, -0.2) is 39.8 Å². The smallest absolute Gasteiger partial charge is 0.240 e. The van der Waals surface area contributed by atoms with E-state index in [2.05, 4.69) is 38.2 Å². The lowest BCUT2D eigenvalue weighted by atomic mass is 9.87. The molecule has 0 saturated heterocycles. The molecule has 0 unspecified atom stereocenters. The number of hydrogen-bond acceptors (Lipinski definition) is 3. The molecule has 1 rings (SSSR count). The Kier molecular flexibility index (Phi) is 8.55. The summed E-state index contributed by atoms with van der Waals surface area (Å²) < 4.78 is 4.93. The molecule has 0 aliphatic carbocycles. The van der Waals surface area contributed by atoms with E-state index in [9.17, 15) is 4.79 Å². The number of halogens is 1. The van der Waals surface area contributed by atoms with Crippen molar-refractivity contribution in [2.24, 2.45) is 0 Å². The molecular formula is C16H27ClN2O2. The molecule has 0 aliphatic rings. The van der Waals surface area contributed by atoms with E-state index in [-0.39, 0.29) is 23.7 Å². The van der Waals surface area contributed by atoms with E-state index in [1.807, 2.05) is 12.1 Å². The van der Waals surface area contributed by atoms with Crippen LogP contribution in [-0.2, 0) is 14.9 Å². The summed E-state index contributed by atoms with van der Waals surface area (Å²) in [6, 6.07) is 8.15. The van der Waals surface area contributed by atoms with Gasteiger partial charge in [-0.3, -0.25) is 4.79 Å². The Bertz CT molecular complexity index is 427. The van der Waals surface area contributed by atoms with Crippen LogP contribution in [0.25, 0.3) is 0 Å². The van der Waals surface area contributed by atoms with Crippen molar-refractivity contribution in [3.05, 3.63) is 29.8 Å². The molecule has 0 radical (unpaired) electrons. The normalized spacial score (nSPS) is 10.9. The molecule has 0 bridgehead atoms. The van der Waals surface area contributed by atoms with Crippen molar-refractivity contribution in [3.63, 3.8) is 0 Å². The number of amides is 1. The summed E-state index contributed by atoms with van der Waals surface area (Å²) in [4.78, 5) is 13.7. The Balaban J connectivity index is 0.00000400. The van der Waals surface area contributed by atoms with Crippen molar-refractivity contribution in [2.75, 3.05) is 38.8 Å². The van der Waals surface area contributed by atoms with E-state index in [1.165, 1.54) is 5.56 Å². The molecule has 120 valence electrons. The monoisotopic (exact) mass is 314 g/mol. The minimum atomic E-state index is 0. The van der Waals surface area contributed by atoms with Crippen molar-refractivity contribution in [1.29, 1.82) is 0 Å². The number of benzene rings is 1. The third-order valence-electron chi connectivity index (χ3n) is 3.25. The van der Waals surface area contributed by atoms with Gasteiger partial charge in [-0.15, -0.1) is 12.4 Å². The number of hydrogen-bond donors (Lipinski definition) is 1. The van der Waals surface area contributed by atoms with Crippen LogP contribution in [0.15, 0.2) is 24.3 Å².